The Kier molecular flexibility index (Phi) is 7.92. The van der Waals surface area contributed by atoms with Crippen molar-refractivity contribution in [1.29, 1.82) is 0 Å². The molecule has 0 bridgehead atoms. The summed E-state index contributed by atoms with van der Waals surface area (Å²) in [5, 5.41) is 6.50. The summed E-state index contributed by atoms with van der Waals surface area (Å²) in [5.74, 6) is 0.696. The van der Waals surface area contributed by atoms with Gasteiger partial charge in [0.15, 0.2) is 5.82 Å². The Hall–Kier alpha value is -3.41. The number of amides is 1. The van der Waals surface area contributed by atoms with Crippen LogP contribution in [0.3, 0.4) is 0 Å². The molecule has 0 radical (unpaired) electrons. The van der Waals surface area contributed by atoms with Crippen LogP contribution in [0.1, 0.15) is 5.56 Å². The molecule has 4 rings (SSSR count). The Balaban J connectivity index is 1.46. The number of hydrogen-bond donors (Lipinski definition) is 2. The molecule has 1 aliphatic heterocycles. The highest BCUT2D eigenvalue weighted by molar-refractivity contribution is 7.92. The Morgan fingerprint density at radius 2 is 1.81 bits per heavy atom. The molecule has 2 aromatic carbocycles. The Labute approximate surface area is 215 Å². The molecule has 1 aliphatic rings. The molecular weight excluding hydrogens is 504 g/mol. The van der Waals surface area contributed by atoms with Gasteiger partial charge in [-0.05, 0) is 29.8 Å². The molecule has 0 saturated carbocycles. The maximum Gasteiger partial charge on any atom is 0.232 e. The number of anilines is 5. The van der Waals surface area contributed by atoms with E-state index in [1.54, 1.807) is 24.3 Å². The van der Waals surface area contributed by atoms with Crippen LogP contribution in [0.25, 0.3) is 0 Å². The lowest BCUT2D eigenvalue weighted by Crippen LogP contribution is -2.41. The molecule has 0 atom stereocenters. The molecule has 1 aromatic heterocycles. The second-order valence-corrected chi connectivity index (χ2v) is 10.7. The smallest absolute Gasteiger partial charge is 0.232 e. The van der Waals surface area contributed by atoms with E-state index in [4.69, 9.17) is 16.3 Å². The number of nitrogens with one attached hydrogen (secondary N) is 2. The third kappa shape index (κ3) is 6.42. The van der Waals surface area contributed by atoms with Gasteiger partial charge in [0.2, 0.25) is 21.9 Å². The zero-order valence-electron chi connectivity index (χ0n) is 19.9. The summed E-state index contributed by atoms with van der Waals surface area (Å²) in [4.78, 5) is 23.0. The lowest BCUT2D eigenvalue weighted by molar-refractivity contribution is -0.134. The zero-order chi connectivity index (χ0) is 25.7. The van der Waals surface area contributed by atoms with Gasteiger partial charge in [-0.1, -0.05) is 35.9 Å². The average Bonchev–Trinajstić information content (AvgIpc) is 2.87. The van der Waals surface area contributed by atoms with Crippen molar-refractivity contribution < 1.29 is 17.9 Å². The summed E-state index contributed by atoms with van der Waals surface area (Å²) < 4.78 is 30.5. The van der Waals surface area contributed by atoms with Crippen molar-refractivity contribution in [2.45, 2.75) is 6.42 Å². The van der Waals surface area contributed by atoms with Gasteiger partial charge in [-0.2, -0.15) is 4.98 Å². The highest BCUT2D eigenvalue weighted by Crippen LogP contribution is 2.31. The molecule has 2 heterocycles. The number of morpholine rings is 1. The number of nitrogens with zero attached hydrogens (tertiary/aromatic N) is 4. The quantitative estimate of drug-likeness (QED) is 0.455. The predicted octanol–water partition coefficient (Wildman–Crippen LogP) is 3.41. The Bertz CT molecular complexity index is 1330. The van der Waals surface area contributed by atoms with Gasteiger partial charge in [-0.25, -0.2) is 13.4 Å². The normalized spacial score (nSPS) is 13.8. The number of rotatable bonds is 8. The number of carbonyl (C=O) groups excluding carboxylic acids is 1. The standard InChI is InChI=1S/C24H27ClN6O4S/c1-30(36(2,33)34)21-6-4-3-5-20(21)28-23-19(25)16-26-24(29-23)27-18-9-7-17(8-10-18)15-22(32)31-11-13-35-14-12-31/h3-10,16H,11-15H2,1-2H3,(H2,26,27,28,29). The summed E-state index contributed by atoms with van der Waals surface area (Å²) in [6.07, 6.45) is 2.91. The fourth-order valence-electron chi connectivity index (χ4n) is 3.61. The van der Waals surface area contributed by atoms with Gasteiger partial charge in [-0.15, -0.1) is 0 Å². The van der Waals surface area contributed by atoms with Crippen molar-refractivity contribution in [3.05, 3.63) is 65.3 Å². The van der Waals surface area contributed by atoms with Gasteiger partial charge in [0.25, 0.3) is 0 Å². The van der Waals surface area contributed by atoms with Crippen LogP contribution in [0.2, 0.25) is 5.02 Å². The van der Waals surface area contributed by atoms with E-state index in [0.29, 0.717) is 55.9 Å². The van der Waals surface area contributed by atoms with Crippen molar-refractivity contribution >= 4 is 56.4 Å². The van der Waals surface area contributed by atoms with Crippen molar-refractivity contribution in [3.63, 3.8) is 0 Å². The minimum absolute atomic E-state index is 0.0811. The molecule has 1 amide bonds. The fourth-order valence-corrected chi connectivity index (χ4v) is 4.26. The summed E-state index contributed by atoms with van der Waals surface area (Å²) >= 11 is 6.31. The molecule has 0 unspecified atom stereocenters. The summed E-state index contributed by atoms with van der Waals surface area (Å²) in [7, 11) is -1.99. The second kappa shape index (κ2) is 11.1. The Morgan fingerprint density at radius 3 is 2.50 bits per heavy atom. The first kappa shape index (κ1) is 25.7. The maximum atomic E-state index is 12.5. The number of halogens is 1. The number of hydrogen-bond acceptors (Lipinski definition) is 8. The highest BCUT2D eigenvalue weighted by atomic mass is 35.5. The van der Waals surface area contributed by atoms with E-state index >= 15 is 0 Å². The molecule has 190 valence electrons. The van der Waals surface area contributed by atoms with Crippen LogP contribution >= 0.6 is 11.6 Å². The van der Waals surface area contributed by atoms with Crippen molar-refractivity contribution in [3.8, 4) is 0 Å². The molecule has 2 N–H and O–H groups in total. The van der Waals surface area contributed by atoms with Crippen LogP contribution in [0.4, 0.5) is 28.8 Å². The number of ether oxygens (including phenoxy) is 1. The van der Waals surface area contributed by atoms with E-state index in [1.807, 2.05) is 29.2 Å². The molecule has 3 aromatic rings. The predicted molar refractivity (Wildman–Crippen MR) is 141 cm³/mol. The van der Waals surface area contributed by atoms with Crippen LogP contribution in [-0.4, -0.2) is 68.8 Å². The van der Waals surface area contributed by atoms with Crippen LogP contribution in [0, 0.1) is 0 Å². The van der Waals surface area contributed by atoms with Gasteiger partial charge >= 0.3 is 0 Å². The van der Waals surface area contributed by atoms with Gasteiger partial charge in [0.05, 0.1) is 43.5 Å². The fraction of sp³-hybridized carbons (Fsp3) is 0.292. The minimum Gasteiger partial charge on any atom is -0.378 e. The van der Waals surface area contributed by atoms with E-state index in [9.17, 15) is 13.2 Å². The van der Waals surface area contributed by atoms with Gasteiger partial charge in [0, 0.05) is 25.8 Å². The number of benzene rings is 2. The van der Waals surface area contributed by atoms with Crippen LogP contribution in [-0.2, 0) is 26.0 Å². The van der Waals surface area contributed by atoms with E-state index < -0.39 is 10.0 Å². The van der Waals surface area contributed by atoms with Crippen molar-refractivity contribution in [2.75, 3.05) is 54.5 Å². The third-order valence-corrected chi connectivity index (χ3v) is 7.14. The number of para-hydroxylation sites is 2. The molecule has 1 saturated heterocycles. The largest absolute Gasteiger partial charge is 0.378 e. The first-order valence-electron chi connectivity index (χ1n) is 11.2. The topological polar surface area (TPSA) is 117 Å². The molecule has 0 aliphatic carbocycles. The van der Waals surface area contributed by atoms with Gasteiger partial charge < -0.3 is 20.3 Å². The molecule has 0 spiro atoms. The van der Waals surface area contributed by atoms with Crippen LogP contribution < -0.4 is 14.9 Å². The molecular formula is C24H27ClN6O4S. The van der Waals surface area contributed by atoms with Crippen molar-refractivity contribution in [1.82, 2.24) is 14.9 Å². The third-order valence-electron chi connectivity index (χ3n) is 5.67. The lowest BCUT2D eigenvalue weighted by atomic mass is 10.1. The first-order valence-corrected chi connectivity index (χ1v) is 13.5. The van der Waals surface area contributed by atoms with Gasteiger partial charge in [-0.3, -0.25) is 9.10 Å². The summed E-state index contributed by atoms with van der Waals surface area (Å²) in [6.45, 7) is 2.40. The van der Waals surface area contributed by atoms with Crippen LogP contribution in [0.5, 0.6) is 0 Å². The number of aromatic nitrogens is 2. The average molecular weight is 531 g/mol. The monoisotopic (exact) mass is 530 g/mol. The number of carbonyl (C=O) groups is 1. The Morgan fingerprint density at radius 1 is 1.11 bits per heavy atom. The molecule has 10 nitrogen and oxygen atoms in total. The van der Waals surface area contributed by atoms with Gasteiger partial charge in [0.1, 0.15) is 5.02 Å². The second-order valence-electron chi connectivity index (χ2n) is 8.25. The number of sulfonamides is 1. The van der Waals surface area contributed by atoms with Crippen LogP contribution in [0.15, 0.2) is 54.7 Å². The SMILES string of the molecule is CN(c1ccccc1Nc1nc(Nc2ccc(CC(=O)N3CCOCC3)cc2)ncc1Cl)S(C)(=O)=O. The van der Waals surface area contributed by atoms with E-state index in [0.717, 1.165) is 17.5 Å². The zero-order valence-corrected chi connectivity index (χ0v) is 21.5. The first-order chi connectivity index (χ1) is 17.2. The summed E-state index contributed by atoms with van der Waals surface area (Å²) in [6, 6.07) is 14.4. The highest BCUT2D eigenvalue weighted by Gasteiger charge is 2.18. The summed E-state index contributed by atoms with van der Waals surface area (Å²) in [5.41, 5.74) is 2.61. The van der Waals surface area contributed by atoms with E-state index in [1.165, 1.54) is 17.5 Å². The van der Waals surface area contributed by atoms with E-state index in [2.05, 4.69) is 20.6 Å². The lowest BCUT2D eigenvalue weighted by Gasteiger charge is -2.26. The minimum atomic E-state index is -3.46. The molecule has 12 heteroatoms. The molecule has 36 heavy (non-hydrogen) atoms. The van der Waals surface area contributed by atoms with E-state index in [-0.39, 0.29) is 10.9 Å². The molecule has 1 fully saturated rings. The van der Waals surface area contributed by atoms with Crippen molar-refractivity contribution in [2.24, 2.45) is 0 Å². The maximum absolute atomic E-state index is 12.5.